The molecule has 5 nitrogen and oxygen atoms in total. The highest BCUT2D eigenvalue weighted by Gasteiger charge is 2.25. The molecule has 0 saturated heterocycles. The predicted molar refractivity (Wildman–Crippen MR) is 213 cm³/mol. The molecule has 0 saturated carbocycles. The van der Waals surface area contributed by atoms with Gasteiger partial charge in [-0.15, -0.1) is 0 Å². The van der Waals surface area contributed by atoms with Gasteiger partial charge in [-0.3, -0.25) is 0 Å². The van der Waals surface area contributed by atoms with E-state index in [1.807, 2.05) is 48.5 Å². The van der Waals surface area contributed by atoms with Gasteiger partial charge < -0.3 is 18.3 Å². The molecule has 0 aliphatic carbocycles. The number of fused-ring (bicyclic) bond motifs is 9. The molecule has 0 aliphatic rings. The van der Waals surface area contributed by atoms with Crippen molar-refractivity contribution in [2.24, 2.45) is 0 Å². The number of anilines is 3. The van der Waals surface area contributed by atoms with E-state index in [9.17, 15) is 0 Å². The molecule has 0 fully saturated rings. The summed E-state index contributed by atoms with van der Waals surface area (Å²) in [6.07, 6.45) is 0. The Morgan fingerprint density at radius 2 is 1.15 bits per heavy atom. The predicted octanol–water partition coefficient (Wildman–Crippen LogP) is 13.1. The van der Waals surface area contributed by atoms with E-state index in [1.165, 1.54) is 16.2 Å². The van der Waals surface area contributed by atoms with Crippen LogP contribution in [0.3, 0.4) is 0 Å². The Morgan fingerprint density at radius 3 is 2.00 bits per heavy atom. The van der Waals surface area contributed by atoms with Crippen LogP contribution in [0, 0.1) is 0 Å². The minimum atomic E-state index is 0.587. The second-order valence-electron chi connectivity index (χ2n) is 13.1. The number of benzene rings is 8. The molecule has 0 unspecified atom stereocenters. The van der Waals surface area contributed by atoms with Gasteiger partial charge in [0.1, 0.15) is 16.7 Å². The van der Waals surface area contributed by atoms with Crippen molar-refractivity contribution >= 4 is 82.7 Å². The summed E-state index contributed by atoms with van der Waals surface area (Å²) in [5, 5.41) is 6.87. The maximum atomic E-state index is 6.72. The zero-order valence-electron chi connectivity index (χ0n) is 27.9. The van der Waals surface area contributed by atoms with Gasteiger partial charge in [-0.2, -0.15) is 0 Å². The fraction of sp³-hybridized carbons (Fsp3) is 0. The van der Waals surface area contributed by atoms with E-state index in [-0.39, 0.29) is 0 Å². The minimum Gasteiger partial charge on any atom is -0.456 e. The molecule has 11 aromatic rings. The third-order valence-corrected chi connectivity index (χ3v) is 10.2. The number of hydrogen-bond acceptors (Lipinski definition) is 4. The average molecular weight is 668 g/mol. The second-order valence-corrected chi connectivity index (χ2v) is 13.1. The van der Waals surface area contributed by atoms with E-state index < -0.39 is 0 Å². The first-order chi connectivity index (χ1) is 25.8. The summed E-state index contributed by atoms with van der Waals surface area (Å²) in [7, 11) is 0. The van der Waals surface area contributed by atoms with E-state index in [2.05, 4.69) is 137 Å². The molecule has 0 atom stereocenters. The Balaban J connectivity index is 1.27. The van der Waals surface area contributed by atoms with Crippen LogP contribution in [0.4, 0.5) is 17.1 Å². The molecule has 8 aromatic carbocycles. The smallest absolute Gasteiger partial charge is 0.227 e. The number of hydrogen-bond donors (Lipinski definition) is 0. The van der Waals surface area contributed by atoms with Gasteiger partial charge in [0.05, 0.1) is 22.4 Å². The lowest BCUT2D eigenvalue weighted by atomic mass is 10.0. The molecule has 52 heavy (non-hydrogen) atoms. The minimum absolute atomic E-state index is 0.587. The molecular formula is C47H29N3O2. The normalized spacial score (nSPS) is 11.8. The van der Waals surface area contributed by atoms with Crippen LogP contribution in [-0.4, -0.2) is 9.55 Å². The topological polar surface area (TPSA) is 47.3 Å². The van der Waals surface area contributed by atoms with Gasteiger partial charge in [-0.1, -0.05) is 103 Å². The van der Waals surface area contributed by atoms with Crippen molar-refractivity contribution in [3.63, 3.8) is 0 Å². The number of furan rings is 1. The summed E-state index contributed by atoms with van der Waals surface area (Å²) < 4.78 is 15.4. The van der Waals surface area contributed by atoms with Gasteiger partial charge in [0.15, 0.2) is 5.58 Å². The highest BCUT2D eigenvalue weighted by atomic mass is 16.3. The van der Waals surface area contributed by atoms with Crippen molar-refractivity contribution in [3.05, 3.63) is 176 Å². The standard InChI is InChI=1S/C47H29N3O2/c1-3-14-30(15-4-1)47-48-38-22-13-24-40(46(38)52-47)50(32-26-27-44-37(28-32)34-19-10-12-25-43(34)51-44)41-29-42-45(35-20-8-7-18-33(35)41)36-21-9-11-23-39(36)49(42)31-16-5-2-6-17-31/h1-29H. The quantitative estimate of drug-likeness (QED) is 0.183. The van der Waals surface area contributed by atoms with Crippen molar-refractivity contribution in [2.45, 2.75) is 0 Å². The van der Waals surface area contributed by atoms with Crippen molar-refractivity contribution in [3.8, 4) is 17.1 Å². The Bertz CT molecular complexity index is 3140. The van der Waals surface area contributed by atoms with E-state index >= 15 is 0 Å². The molecule has 3 heterocycles. The zero-order valence-corrected chi connectivity index (χ0v) is 27.9. The zero-order chi connectivity index (χ0) is 34.2. The summed E-state index contributed by atoms with van der Waals surface area (Å²) in [5.41, 5.74) is 10.4. The van der Waals surface area contributed by atoms with Crippen molar-refractivity contribution in [1.82, 2.24) is 9.55 Å². The van der Waals surface area contributed by atoms with Gasteiger partial charge in [0, 0.05) is 43.9 Å². The van der Waals surface area contributed by atoms with Crippen LogP contribution in [0.25, 0.3) is 82.8 Å². The van der Waals surface area contributed by atoms with Crippen molar-refractivity contribution in [2.75, 3.05) is 4.90 Å². The third kappa shape index (κ3) is 4.26. The molecule has 5 heteroatoms. The summed E-state index contributed by atoms with van der Waals surface area (Å²) >= 11 is 0. The number of para-hydroxylation sites is 4. The summed E-state index contributed by atoms with van der Waals surface area (Å²) in [4.78, 5) is 7.31. The van der Waals surface area contributed by atoms with E-state index in [4.69, 9.17) is 13.8 Å². The lowest BCUT2D eigenvalue weighted by Crippen LogP contribution is -2.11. The molecule has 11 rings (SSSR count). The van der Waals surface area contributed by atoms with E-state index in [0.29, 0.717) is 11.5 Å². The van der Waals surface area contributed by atoms with Crippen molar-refractivity contribution in [1.29, 1.82) is 0 Å². The maximum absolute atomic E-state index is 6.72. The average Bonchev–Trinajstić information content (AvgIpc) is 3.91. The fourth-order valence-corrected chi connectivity index (χ4v) is 7.93. The first-order valence-electron chi connectivity index (χ1n) is 17.5. The molecule has 0 amide bonds. The Morgan fingerprint density at radius 1 is 0.462 bits per heavy atom. The van der Waals surface area contributed by atoms with Gasteiger partial charge in [-0.05, 0) is 78.2 Å². The van der Waals surface area contributed by atoms with Gasteiger partial charge in [0.25, 0.3) is 0 Å². The third-order valence-electron chi connectivity index (χ3n) is 10.2. The number of rotatable bonds is 5. The fourth-order valence-electron chi connectivity index (χ4n) is 7.93. The summed E-state index contributed by atoms with van der Waals surface area (Å²) in [5.74, 6) is 0.587. The number of oxazole rings is 1. The van der Waals surface area contributed by atoms with Crippen molar-refractivity contribution < 1.29 is 8.83 Å². The Hall–Kier alpha value is -7.11. The highest BCUT2D eigenvalue weighted by Crippen LogP contribution is 2.48. The van der Waals surface area contributed by atoms with Crippen LogP contribution in [0.1, 0.15) is 0 Å². The van der Waals surface area contributed by atoms with Crippen LogP contribution in [0.15, 0.2) is 185 Å². The monoisotopic (exact) mass is 667 g/mol. The highest BCUT2D eigenvalue weighted by molar-refractivity contribution is 6.25. The molecule has 0 N–H and O–H groups in total. The molecule has 0 radical (unpaired) electrons. The van der Waals surface area contributed by atoms with Crippen LogP contribution in [0.5, 0.6) is 0 Å². The SMILES string of the molecule is c1ccc(-c2nc3cccc(N(c4ccc5oc6ccccc6c5c4)c4cc5c(c6ccccc46)c4ccccc4n5-c4ccccc4)c3o2)cc1. The molecule has 0 spiro atoms. The molecule has 244 valence electrons. The molecule has 0 aliphatic heterocycles. The van der Waals surface area contributed by atoms with E-state index in [1.54, 1.807) is 0 Å². The van der Waals surface area contributed by atoms with Crippen LogP contribution in [-0.2, 0) is 0 Å². The number of nitrogens with zero attached hydrogens (tertiary/aromatic N) is 3. The number of aromatic nitrogens is 2. The Labute approximate surface area is 298 Å². The van der Waals surface area contributed by atoms with Gasteiger partial charge >= 0.3 is 0 Å². The lowest BCUT2D eigenvalue weighted by molar-refractivity contribution is 0.620. The van der Waals surface area contributed by atoms with Crippen LogP contribution < -0.4 is 4.90 Å². The summed E-state index contributed by atoms with van der Waals surface area (Å²) in [6.45, 7) is 0. The first kappa shape index (κ1) is 28.7. The summed E-state index contributed by atoms with van der Waals surface area (Å²) in [6, 6.07) is 61.4. The largest absolute Gasteiger partial charge is 0.456 e. The second kappa shape index (κ2) is 11.2. The molecule has 3 aromatic heterocycles. The van der Waals surface area contributed by atoms with Gasteiger partial charge in [-0.25, -0.2) is 4.98 Å². The Kier molecular flexibility index (Phi) is 6.18. The molecular weight excluding hydrogens is 639 g/mol. The first-order valence-corrected chi connectivity index (χ1v) is 17.5. The lowest BCUT2D eigenvalue weighted by Gasteiger charge is -2.27. The molecule has 0 bridgehead atoms. The maximum Gasteiger partial charge on any atom is 0.227 e. The van der Waals surface area contributed by atoms with Crippen LogP contribution in [0.2, 0.25) is 0 Å². The van der Waals surface area contributed by atoms with Crippen LogP contribution >= 0.6 is 0 Å². The van der Waals surface area contributed by atoms with Gasteiger partial charge in [0.2, 0.25) is 5.89 Å². The van der Waals surface area contributed by atoms with E-state index in [0.717, 1.165) is 72.2 Å².